The average Bonchev–Trinajstić information content (AvgIpc) is 3.14. The van der Waals surface area contributed by atoms with Crippen LogP contribution in [0.25, 0.3) is 0 Å². The van der Waals surface area contributed by atoms with Crippen molar-refractivity contribution in [3.05, 3.63) is 16.5 Å². The van der Waals surface area contributed by atoms with Crippen LogP contribution in [-0.4, -0.2) is 28.5 Å². The molecule has 0 atom stereocenters. The van der Waals surface area contributed by atoms with Crippen molar-refractivity contribution in [2.45, 2.75) is 45.6 Å². The lowest BCUT2D eigenvalue weighted by atomic mass is 10.3. The predicted molar refractivity (Wildman–Crippen MR) is 75.4 cm³/mol. The zero-order valence-corrected chi connectivity index (χ0v) is 12.0. The molecule has 1 amide bonds. The molecule has 1 aliphatic carbocycles. The second-order valence-corrected chi connectivity index (χ2v) is 5.26. The van der Waals surface area contributed by atoms with Gasteiger partial charge in [0.25, 0.3) is 0 Å². The third kappa shape index (κ3) is 4.35. The van der Waals surface area contributed by atoms with Crippen LogP contribution in [0.5, 0.6) is 0 Å². The highest BCUT2D eigenvalue weighted by Crippen LogP contribution is 2.19. The summed E-state index contributed by atoms with van der Waals surface area (Å²) < 4.78 is 0. The molecule has 0 saturated heterocycles. The predicted octanol–water partition coefficient (Wildman–Crippen LogP) is 2.22. The van der Waals surface area contributed by atoms with Crippen LogP contribution in [0.2, 0.25) is 5.15 Å². The molecular weight excluding hydrogens is 264 g/mol. The fourth-order valence-electron chi connectivity index (χ4n) is 1.67. The highest BCUT2D eigenvalue weighted by Gasteiger charge is 2.22. The van der Waals surface area contributed by atoms with Gasteiger partial charge in [0.2, 0.25) is 5.91 Å². The van der Waals surface area contributed by atoms with Crippen LogP contribution in [0.1, 0.15) is 37.1 Å². The van der Waals surface area contributed by atoms with E-state index in [2.05, 4.69) is 20.6 Å². The van der Waals surface area contributed by atoms with Crippen molar-refractivity contribution in [2.75, 3.05) is 11.9 Å². The quantitative estimate of drug-likeness (QED) is 0.785. The number of carbonyl (C=O) groups is 1. The summed E-state index contributed by atoms with van der Waals surface area (Å²) in [6.07, 6.45) is 3.53. The molecule has 0 radical (unpaired) electrons. The third-order valence-electron chi connectivity index (χ3n) is 3.08. The second-order valence-electron chi connectivity index (χ2n) is 4.91. The van der Waals surface area contributed by atoms with Crippen LogP contribution in [0, 0.1) is 13.8 Å². The lowest BCUT2D eigenvalue weighted by molar-refractivity contribution is -0.121. The van der Waals surface area contributed by atoms with Gasteiger partial charge < -0.3 is 10.6 Å². The smallest absolute Gasteiger partial charge is 0.220 e. The van der Waals surface area contributed by atoms with Crippen LogP contribution in [-0.2, 0) is 4.79 Å². The Balaban J connectivity index is 1.72. The number of nitrogens with one attached hydrogen (secondary N) is 2. The molecule has 0 aliphatic heterocycles. The minimum atomic E-state index is 0.126. The number of hydrogen-bond acceptors (Lipinski definition) is 4. The Labute approximate surface area is 118 Å². The first-order valence-electron chi connectivity index (χ1n) is 6.60. The molecular formula is C13H19ClN4O. The zero-order chi connectivity index (χ0) is 13.8. The Morgan fingerprint density at radius 3 is 2.68 bits per heavy atom. The SMILES string of the molecule is Cc1nc(Cl)c(NCCCC(=O)NC2CC2)nc1C. The maximum Gasteiger partial charge on any atom is 0.220 e. The van der Waals surface area contributed by atoms with E-state index in [0.717, 1.165) is 30.7 Å². The third-order valence-corrected chi connectivity index (χ3v) is 3.34. The lowest BCUT2D eigenvalue weighted by Crippen LogP contribution is -2.25. The summed E-state index contributed by atoms with van der Waals surface area (Å²) in [6, 6.07) is 0.431. The number of aryl methyl sites for hydroxylation is 2. The van der Waals surface area contributed by atoms with E-state index in [4.69, 9.17) is 11.6 Å². The number of amides is 1. The van der Waals surface area contributed by atoms with Crippen LogP contribution < -0.4 is 10.6 Å². The van der Waals surface area contributed by atoms with E-state index in [1.165, 1.54) is 0 Å². The van der Waals surface area contributed by atoms with E-state index >= 15 is 0 Å². The summed E-state index contributed by atoms with van der Waals surface area (Å²) >= 11 is 6.00. The van der Waals surface area contributed by atoms with Crippen molar-refractivity contribution in [3.8, 4) is 0 Å². The second kappa shape index (κ2) is 6.19. The monoisotopic (exact) mass is 282 g/mol. The normalized spacial score (nSPS) is 14.3. The number of halogens is 1. The maximum absolute atomic E-state index is 11.5. The number of anilines is 1. The molecule has 1 saturated carbocycles. The minimum Gasteiger partial charge on any atom is -0.367 e. The maximum atomic E-state index is 11.5. The fourth-order valence-corrected chi connectivity index (χ4v) is 1.91. The number of nitrogens with zero attached hydrogens (tertiary/aromatic N) is 2. The summed E-state index contributed by atoms with van der Waals surface area (Å²) in [5.74, 6) is 0.717. The van der Waals surface area contributed by atoms with Crippen molar-refractivity contribution < 1.29 is 4.79 Å². The average molecular weight is 283 g/mol. The van der Waals surface area contributed by atoms with Crippen molar-refractivity contribution in [2.24, 2.45) is 0 Å². The van der Waals surface area contributed by atoms with Crippen molar-refractivity contribution >= 4 is 23.3 Å². The number of carbonyl (C=O) groups excluding carboxylic acids is 1. The summed E-state index contributed by atoms with van der Waals surface area (Å²) in [5, 5.41) is 6.46. The topological polar surface area (TPSA) is 66.9 Å². The molecule has 5 nitrogen and oxygen atoms in total. The summed E-state index contributed by atoms with van der Waals surface area (Å²) in [6.45, 7) is 4.43. The molecule has 19 heavy (non-hydrogen) atoms. The van der Waals surface area contributed by atoms with Crippen molar-refractivity contribution in [1.82, 2.24) is 15.3 Å². The zero-order valence-electron chi connectivity index (χ0n) is 11.3. The van der Waals surface area contributed by atoms with Gasteiger partial charge in [0.15, 0.2) is 11.0 Å². The molecule has 0 spiro atoms. The summed E-state index contributed by atoms with van der Waals surface area (Å²) in [7, 11) is 0. The Kier molecular flexibility index (Phi) is 4.58. The molecule has 2 rings (SSSR count). The van der Waals surface area contributed by atoms with Gasteiger partial charge in [-0.05, 0) is 33.1 Å². The van der Waals surface area contributed by atoms with Gasteiger partial charge >= 0.3 is 0 Å². The number of hydrogen-bond donors (Lipinski definition) is 2. The van der Waals surface area contributed by atoms with E-state index < -0.39 is 0 Å². The molecule has 0 aromatic carbocycles. The van der Waals surface area contributed by atoms with Gasteiger partial charge in [0, 0.05) is 19.0 Å². The fraction of sp³-hybridized carbons (Fsp3) is 0.615. The van der Waals surface area contributed by atoms with E-state index in [1.807, 2.05) is 13.8 Å². The van der Waals surface area contributed by atoms with Crippen LogP contribution in [0.3, 0.4) is 0 Å². The minimum absolute atomic E-state index is 0.126. The lowest BCUT2D eigenvalue weighted by Gasteiger charge is -2.09. The molecule has 1 fully saturated rings. The van der Waals surface area contributed by atoms with Gasteiger partial charge in [-0.15, -0.1) is 0 Å². The molecule has 0 bridgehead atoms. The van der Waals surface area contributed by atoms with Crippen LogP contribution in [0.15, 0.2) is 0 Å². The van der Waals surface area contributed by atoms with E-state index in [-0.39, 0.29) is 5.91 Å². The first-order valence-corrected chi connectivity index (χ1v) is 6.98. The van der Waals surface area contributed by atoms with Crippen LogP contribution >= 0.6 is 11.6 Å². The molecule has 2 N–H and O–H groups in total. The Bertz CT molecular complexity index is 474. The first-order chi connectivity index (χ1) is 9.06. The molecule has 1 aliphatic rings. The molecule has 1 aromatic heterocycles. The van der Waals surface area contributed by atoms with Crippen molar-refractivity contribution in [3.63, 3.8) is 0 Å². The van der Waals surface area contributed by atoms with Gasteiger partial charge in [-0.3, -0.25) is 4.79 Å². The Morgan fingerprint density at radius 1 is 1.32 bits per heavy atom. The van der Waals surface area contributed by atoms with E-state index in [1.54, 1.807) is 0 Å². The van der Waals surface area contributed by atoms with E-state index in [0.29, 0.717) is 30.0 Å². The van der Waals surface area contributed by atoms with Gasteiger partial charge in [-0.25, -0.2) is 9.97 Å². The molecule has 0 unspecified atom stereocenters. The molecule has 6 heteroatoms. The summed E-state index contributed by atoms with van der Waals surface area (Å²) in [5.41, 5.74) is 1.69. The van der Waals surface area contributed by atoms with Gasteiger partial charge in [0.1, 0.15) is 0 Å². The van der Waals surface area contributed by atoms with E-state index in [9.17, 15) is 4.79 Å². The standard InChI is InChI=1S/C13H19ClN4O/c1-8-9(2)17-13(12(14)16-8)15-7-3-4-11(19)18-10-5-6-10/h10H,3-7H2,1-2H3,(H,15,17)(H,18,19). The highest BCUT2D eigenvalue weighted by atomic mass is 35.5. The van der Waals surface area contributed by atoms with Gasteiger partial charge in [-0.2, -0.15) is 0 Å². The largest absolute Gasteiger partial charge is 0.367 e. The first kappa shape index (κ1) is 14.1. The van der Waals surface area contributed by atoms with Crippen molar-refractivity contribution in [1.29, 1.82) is 0 Å². The highest BCUT2D eigenvalue weighted by molar-refractivity contribution is 6.31. The molecule has 104 valence electrons. The van der Waals surface area contributed by atoms with Gasteiger partial charge in [0.05, 0.1) is 11.4 Å². The number of aromatic nitrogens is 2. The van der Waals surface area contributed by atoms with Gasteiger partial charge in [-0.1, -0.05) is 11.6 Å². The number of rotatable bonds is 6. The van der Waals surface area contributed by atoms with Crippen LogP contribution in [0.4, 0.5) is 5.82 Å². The Hall–Kier alpha value is -1.36. The Morgan fingerprint density at radius 2 is 2.00 bits per heavy atom. The summed E-state index contributed by atoms with van der Waals surface area (Å²) in [4.78, 5) is 20.0. The molecule has 1 heterocycles. The molecule has 1 aromatic rings.